The molecule has 1 atom stereocenters. The fraction of sp³-hybridized carbons (Fsp3) is 0.625. The van der Waals surface area contributed by atoms with Crippen molar-refractivity contribution < 1.29 is 0 Å². The van der Waals surface area contributed by atoms with Crippen molar-refractivity contribution in [2.75, 3.05) is 0 Å². The molecule has 1 unspecified atom stereocenters. The number of rotatable bonds is 0. The fourth-order valence-electron chi connectivity index (χ4n) is 0.718. The standard InChI is InChI=1S/C6H10N2.C2H6/c1-5-3-7-4-6(2)8-5;1-2/h3-5,8H,1-2H3;1-2H3. The van der Waals surface area contributed by atoms with Gasteiger partial charge in [-0.15, -0.1) is 0 Å². The lowest BCUT2D eigenvalue weighted by molar-refractivity contribution is 0.756. The summed E-state index contributed by atoms with van der Waals surface area (Å²) in [5.74, 6) is 0. The van der Waals surface area contributed by atoms with E-state index < -0.39 is 0 Å². The summed E-state index contributed by atoms with van der Waals surface area (Å²) in [5.41, 5.74) is 1.14. The van der Waals surface area contributed by atoms with Gasteiger partial charge in [0, 0.05) is 18.1 Å². The van der Waals surface area contributed by atoms with Crippen molar-refractivity contribution in [3.05, 3.63) is 11.9 Å². The SMILES string of the molecule is CC.CC1=CN=CC(C)N1. The smallest absolute Gasteiger partial charge is 0.0585 e. The topological polar surface area (TPSA) is 24.4 Å². The Labute approximate surface area is 63.0 Å². The van der Waals surface area contributed by atoms with E-state index in [1.807, 2.05) is 33.2 Å². The fourth-order valence-corrected chi connectivity index (χ4v) is 0.718. The number of hydrogen-bond acceptors (Lipinski definition) is 2. The van der Waals surface area contributed by atoms with Crippen LogP contribution in [0.1, 0.15) is 27.7 Å². The molecule has 0 saturated heterocycles. The normalized spacial score (nSPS) is 22.0. The van der Waals surface area contributed by atoms with E-state index in [0.29, 0.717) is 6.04 Å². The van der Waals surface area contributed by atoms with E-state index >= 15 is 0 Å². The molecular formula is C8H16N2. The Hall–Kier alpha value is -0.790. The second-order valence-corrected chi connectivity index (χ2v) is 2.04. The molecule has 1 heterocycles. The lowest BCUT2D eigenvalue weighted by Crippen LogP contribution is -2.27. The van der Waals surface area contributed by atoms with Crippen LogP contribution in [0.5, 0.6) is 0 Å². The van der Waals surface area contributed by atoms with E-state index in [1.165, 1.54) is 0 Å². The maximum absolute atomic E-state index is 3.99. The molecule has 0 aromatic carbocycles. The molecule has 0 spiro atoms. The molecule has 0 bridgehead atoms. The lowest BCUT2D eigenvalue weighted by atomic mass is 10.3. The van der Waals surface area contributed by atoms with Crippen LogP contribution in [0.2, 0.25) is 0 Å². The highest BCUT2D eigenvalue weighted by molar-refractivity contribution is 5.66. The van der Waals surface area contributed by atoms with Crippen molar-refractivity contribution in [3.8, 4) is 0 Å². The zero-order valence-corrected chi connectivity index (χ0v) is 7.18. The van der Waals surface area contributed by atoms with Crippen molar-refractivity contribution in [2.45, 2.75) is 33.7 Å². The van der Waals surface area contributed by atoms with Gasteiger partial charge in [-0.05, 0) is 13.8 Å². The van der Waals surface area contributed by atoms with E-state index in [9.17, 15) is 0 Å². The van der Waals surface area contributed by atoms with Crippen LogP contribution < -0.4 is 5.32 Å². The first kappa shape index (κ1) is 9.21. The van der Waals surface area contributed by atoms with Crippen molar-refractivity contribution in [3.63, 3.8) is 0 Å². The van der Waals surface area contributed by atoms with Gasteiger partial charge in [0.15, 0.2) is 0 Å². The number of hydrogen-bond donors (Lipinski definition) is 1. The summed E-state index contributed by atoms with van der Waals surface area (Å²) in [6.07, 6.45) is 3.70. The quantitative estimate of drug-likeness (QED) is 0.546. The maximum Gasteiger partial charge on any atom is 0.0585 e. The minimum absolute atomic E-state index is 0.403. The first-order valence-electron chi connectivity index (χ1n) is 3.75. The highest BCUT2D eigenvalue weighted by Gasteiger charge is 1.98. The van der Waals surface area contributed by atoms with Crippen LogP contribution in [-0.2, 0) is 0 Å². The predicted octanol–water partition coefficient (Wildman–Crippen LogP) is 1.94. The van der Waals surface area contributed by atoms with E-state index in [-0.39, 0.29) is 0 Å². The maximum atomic E-state index is 3.99. The molecular weight excluding hydrogens is 124 g/mol. The summed E-state index contributed by atoms with van der Waals surface area (Å²) in [4.78, 5) is 3.99. The number of aliphatic imine (C=N–C) groups is 1. The summed E-state index contributed by atoms with van der Waals surface area (Å²) in [5, 5.41) is 3.19. The third-order valence-electron chi connectivity index (χ3n) is 1.03. The van der Waals surface area contributed by atoms with Gasteiger partial charge in [0.25, 0.3) is 0 Å². The van der Waals surface area contributed by atoms with Gasteiger partial charge in [-0.1, -0.05) is 13.8 Å². The average molecular weight is 140 g/mol. The molecule has 0 radical (unpaired) electrons. The van der Waals surface area contributed by atoms with Crippen LogP contribution in [0.4, 0.5) is 0 Å². The molecule has 0 fully saturated rings. The minimum Gasteiger partial charge on any atom is -0.380 e. The molecule has 0 aromatic heterocycles. The van der Waals surface area contributed by atoms with E-state index in [1.54, 1.807) is 0 Å². The molecule has 1 aliphatic heterocycles. The Balaban J connectivity index is 0.000000371. The second kappa shape index (κ2) is 5.03. The molecule has 0 amide bonds. The van der Waals surface area contributed by atoms with Gasteiger partial charge in [0.05, 0.1) is 6.04 Å². The molecule has 1 N–H and O–H groups in total. The van der Waals surface area contributed by atoms with Gasteiger partial charge in [-0.25, -0.2) is 0 Å². The number of nitrogens with zero attached hydrogens (tertiary/aromatic N) is 1. The predicted molar refractivity (Wildman–Crippen MR) is 46.2 cm³/mol. The molecule has 0 saturated carbocycles. The first-order chi connectivity index (χ1) is 4.79. The minimum atomic E-state index is 0.403. The van der Waals surface area contributed by atoms with Gasteiger partial charge >= 0.3 is 0 Å². The Morgan fingerprint density at radius 3 is 2.40 bits per heavy atom. The van der Waals surface area contributed by atoms with Crippen molar-refractivity contribution in [2.24, 2.45) is 4.99 Å². The summed E-state index contributed by atoms with van der Waals surface area (Å²) in [6, 6.07) is 0.403. The van der Waals surface area contributed by atoms with Gasteiger partial charge in [0.2, 0.25) is 0 Å². The lowest BCUT2D eigenvalue weighted by Gasteiger charge is -2.12. The van der Waals surface area contributed by atoms with Gasteiger partial charge < -0.3 is 5.32 Å². The Kier molecular flexibility index (Phi) is 4.63. The van der Waals surface area contributed by atoms with Crippen LogP contribution in [0.15, 0.2) is 16.9 Å². The Morgan fingerprint density at radius 1 is 1.50 bits per heavy atom. The van der Waals surface area contributed by atoms with Crippen LogP contribution in [-0.4, -0.2) is 12.3 Å². The highest BCUT2D eigenvalue weighted by atomic mass is 15.0. The van der Waals surface area contributed by atoms with Crippen molar-refractivity contribution in [1.82, 2.24) is 5.32 Å². The van der Waals surface area contributed by atoms with E-state index in [0.717, 1.165) is 5.70 Å². The first-order valence-corrected chi connectivity index (χ1v) is 3.75. The van der Waals surface area contributed by atoms with E-state index in [4.69, 9.17) is 0 Å². The van der Waals surface area contributed by atoms with Crippen molar-refractivity contribution >= 4 is 6.21 Å². The molecule has 1 rings (SSSR count). The molecule has 1 aliphatic rings. The molecule has 0 aromatic rings. The van der Waals surface area contributed by atoms with Crippen LogP contribution in [0.25, 0.3) is 0 Å². The molecule has 2 heteroatoms. The molecule has 0 aliphatic carbocycles. The largest absolute Gasteiger partial charge is 0.380 e. The van der Waals surface area contributed by atoms with E-state index in [2.05, 4.69) is 17.2 Å². The van der Waals surface area contributed by atoms with Crippen LogP contribution in [0, 0.1) is 0 Å². The summed E-state index contributed by atoms with van der Waals surface area (Å²) < 4.78 is 0. The van der Waals surface area contributed by atoms with Gasteiger partial charge in [-0.3, -0.25) is 4.99 Å². The Bertz CT molecular complexity index is 136. The zero-order chi connectivity index (χ0) is 7.98. The van der Waals surface area contributed by atoms with Crippen molar-refractivity contribution in [1.29, 1.82) is 0 Å². The molecule has 58 valence electrons. The van der Waals surface area contributed by atoms with Crippen LogP contribution >= 0.6 is 0 Å². The monoisotopic (exact) mass is 140 g/mol. The third kappa shape index (κ3) is 3.28. The van der Waals surface area contributed by atoms with Gasteiger partial charge in [0.1, 0.15) is 0 Å². The Morgan fingerprint density at radius 2 is 2.10 bits per heavy atom. The third-order valence-corrected chi connectivity index (χ3v) is 1.03. The second-order valence-electron chi connectivity index (χ2n) is 2.04. The van der Waals surface area contributed by atoms with Gasteiger partial charge in [-0.2, -0.15) is 0 Å². The molecule has 10 heavy (non-hydrogen) atoms. The number of allylic oxidation sites excluding steroid dienone is 1. The summed E-state index contributed by atoms with van der Waals surface area (Å²) in [6.45, 7) is 8.08. The highest BCUT2D eigenvalue weighted by Crippen LogP contribution is 1.94. The molecule has 2 nitrogen and oxygen atoms in total. The zero-order valence-electron chi connectivity index (χ0n) is 7.18. The summed E-state index contributed by atoms with van der Waals surface area (Å²) in [7, 11) is 0. The number of nitrogens with one attached hydrogen (secondary N) is 1. The average Bonchev–Trinajstić information content (AvgIpc) is 1.91. The summed E-state index contributed by atoms with van der Waals surface area (Å²) >= 11 is 0. The van der Waals surface area contributed by atoms with Crippen LogP contribution in [0.3, 0.4) is 0 Å².